The van der Waals surface area contributed by atoms with Gasteiger partial charge in [-0.25, -0.2) is 0 Å². The summed E-state index contributed by atoms with van der Waals surface area (Å²) in [4.78, 5) is 0. The summed E-state index contributed by atoms with van der Waals surface area (Å²) in [5, 5.41) is 11.6. The molecule has 3 rings (SSSR count). The fourth-order valence-electron chi connectivity index (χ4n) is 2.25. The third-order valence-corrected chi connectivity index (χ3v) is 3.80. The second-order valence-corrected chi connectivity index (χ2v) is 5.47. The summed E-state index contributed by atoms with van der Waals surface area (Å²) in [6, 6.07) is 14.2. The van der Waals surface area contributed by atoms with Crippen molar-refractivity contribution in [2.24, 2.45) is 0 Å². The second kappa shape index (κ2) is 6.02. The maximum absolute atomic E-state index is 5.72. The van der Waals surface area contributed by atoms with Gasteiger partial charge in [0.2, 0.25) is 11.8 Å². The van der Waals surface area contributed by atoms with Gasteiger partial charge in [-0.05, 0) is 50.1 Å². The molecule has 0 fully saturated rings. The van der Waals surface area contributed by atoms with Crippen molar-refractivity contribution in [3.63, 3.8) is 0 Å². The molecule has 0 saturated heterocycles. The van der Waals surface area contributed by atoms with E-state index < -0.39 is 0 Å². The summed E-state index contributed by atoms with van der Waals surface area (Å²) in [5.41, 5.74) is 5.74. The first kappa shape index (κ1) is 14.3. The Morgan fingerprint density at radius 1 is 0.955 bits per heavy atom. The SMILES string of the molecule is Cc1ccc(-c2nnc(CNc3cccc(C)c3C)o2)cc1. The Balaban J connectivity index is 1.72. The Morgan fingerprint density at radius 3 is 2.50 bits per heavy atom. The van der Waals surface area contributed by atoms with Crippen LogP contribution in [0.15, 0.2) is 46.9 Å². The van der Waals surface area contributed by atoms with Crippen LogP contribution in [0.2, 0.25) is 0 Å². The van der Waals surface area contributed by atoms with Crippen molar-refractivity contribution in [2.75, 3.05) is 5.32 Å². The van der Waals surface area contributed by atoms with Gasteiger partial charge in [0.1, 0.15) is 0 Å². The summed E-state index contributed by atoms with van der Waals surface area (Å²) in [6.07, 6.45) is 0. The lowest BCUT2D eigenvalue weighted by Gasteiger charge is -2.09. The molecule has 0 atom stereocenters. The highest BCUT2D eigenvalue weighted by molar-refractivity contribution is 5.54. The number of nitrogens with one attached hydrogen (secondary N) is 1. The topological polar surface area (TPSA) is 51.0 Å². The maximum atomic E-state index is 5.72. The highest BCUT2D eigenvalue weighted by Gasteiger charge is 2.09. The first-order valence-corrected chi connectivity index (χ1v) is 7.33. The van der Waals surface area contributed by atoms with Gasteiger partial charge in [-0.1, -0.05) is 29.8 Å². The fourth-order valence-corrected chi connectivity index (χ4v) is 2.25. The first-order chi connectivity index (χ1) is 10.6. The average molecular weight is 293 g/mol. The monoisotopic (exact) mass is 293 g/mol. The van der Waals surface area contributed by atoms with E-state index in [0.717, 1.165) is 11.3 Å². The first-order valence-electron chi connectivity index (χ1n) is 7.33. The summed E-state index contributed by atoms with van der Waals surface area (Å²) in [7, 11) is 0. The molecule has 4 nitrogen and oxygen atoms in total. The van der Waals surface area contributed by atoms with Crippen LogP contribution in [-0.4, -0.2) is 10.2 Å². The Morgan fingerprint density at radius 2 is 1.73 bits per heavy atom. The van der Waals surface area contributed by atoms with E-state index in [2.05, 4.69) is 48.4 Å². The quantitative estimate of drug-likeness (QED) is 0.780. The zero-order valence-corrected chi connectivity index (χ0v) is 13.1. The van der Waals surface area contributed by atoms with Crippen LogP contribution in [0.3, 0.4) is 0 Å². The van der Waals surface area contributed by atoms with E-state index in [1.165, 1.54) is 16.7 Å². The van der Waals surface area contributed by atoms with Gasteiger partial charge in [0.15, 0.2) is 0 Å². The molecule has 1 aromatic heterocycles. The summed E-state index contributed by atoms with van der Waals surface area (Å²) in [6.45, 7) is 6.77. The van der Waals surface area contributed by atoms with Crippen molar-refractivity contribution in [2.45, 2.75) is 27.3 Å². The largest absolute Gasteiger partial charge is 0.419 e. The summed E-state index contributed by atoms with van der Waals surface area (Å²) in [5.74, 6) is 1.13. The van der Waals surface area contributed by atoms with Crippen LogP contribution in [0.1, 0.15) is 22.6 Å². The van der Waals surface area contributed by atoms with Crippen molar-refractivity contribution in [1.82, 2.24) is 10.2 Å². The number of anilines is 1. The minimum atomic E-state index is 0.517. The predicted molar refractivity (Wildman–Crippen MR) is 87.7 cm³/mol. The average Bonchev–Trinajstić information content (AvgIpc) is 2.98. The van der Waals surface area contributed by atoms with Gasteiger partial charge >= 0.3 is 0 Å². The molecule has 0 aliphatic heterocycles. The predicted octanol–water partition coefficient (Wildman–Crippen LogP) is 4.27. The van der Waals surface area contributed by atoms with E-state index in [1.54, 1.807) is 0 Å². The second-order valence-electron chi connectivity index (χ2n) is 5.47. The molecule has 112 valence electrons. The molecule has 1 heterocycles. The number of hydrogen-bond acceptors (Lipinski definition) is 4. The van der Waals surface area contributed by atoms with Crippen molar-refractivity contribution in [3.8, 4) is 11.5 Å². The minimum Gasteiger partial charge on any atom is -0.419 e. The molecule has 0 bridgehead atoms. The number of nitrogens with zero attached hydrogens (tertiary/aromatic N) is 2. The molecule has 2 aromatic carbocycles. The van der Waals surface area contributed by atoms with Gasteiger partial charge in [0.05, 0.1) is 6.54 Å². The van der Waals surface area contributed by atoms with Crippen LogP contribution in [0.5, 0.6) is 0 Å². The molecule has 0 aliphatic carbocycles. The van der Waals surface area contributed by atoms with Crippen LogP contribution < -0.4 is 5.32 Å². The number of rotatable bonds is 4. The smallest absolute Gasteiger partial charge is 0.247 e. The lowest BCUT2D eigenvalue weighted by Crippen LogP contribution is -2.02. The van der Waals surface area contributed by atoms with Crippen molar-refractivity contribution < 1.29 is 4.42 Å². The lowest BCUT2D eigenvalue weighted by atomic mass is 10.1. The zero-order chi connectivity index (χ0) is 15.5. The summed E-state index contributed by atoms with van der Waals surface area (Å²) >= 11 is 0. The number of benzene rings is 2. The third-order valence-electron chi connectivity index (χ3n) is 3.80. The highest BCUT2D eigenvalue weighted by atomic mass is 16.4. The van der Waals surface area contributed by atoms with Gasteiger partial charge in [0, 0.05) is 11.3 Å². The van der Waals surface area contributed by atoms with Gasteiger partial charge in [0.25, 0.3) is 0 Å². The van der Waals surface area contributed by atoms with Crippen LogP contribution in [0.25, 0.3) is 11.5 Å². The molecular weight excluding hydrogens is 274 g/mol. The van der Waals surface area contributed by atoms with Gasteiger partial charge < -0.3 is 9.73 Å². The molecule has 0 spiro atoms. The van der Waals surface area contributed by atoms with E-state index in [4.69, 9.17) is 4.42 Å². The Hall–Kier alpha value is -2.62. The van der Waals surface area contributed by atoms with Gasteiger partial charge in [-0.3, -0.25) is 0 Å². The number of aromatic nitrogens is 2. The van der Waals surface area contributed by atoms with E-state index >= 15 is 0 Å². The van der Waals surface area contributed by atoms with Crippen LogP contribution in [0.4, 0.5) is 5.69 Å². The van der Waals surface area contributed by atoms with Gasteiger partial charge in [-0.2, -0.15) is 0 Å². The van der Waals surface area contributed by atoms with Crippen LogP contribution in [-0.2, 0) is 6.54 Å². The molecule has 0 unspecified atom stereocenters. The molecule has 0 radical (unpaired) electrons. The number of hydrogen-bond donors (Lipinski definition) is 1. The molecule has 22 heavy (non-hydrogen) atoms. The normalized spacial score (nSPS) is 10.7. The molecule has 0 saturated carbocycles. The van der Waals surface area contributed by atoms with Crippen molar-refractivity contribution >= 4 is 5.69 Å². The fraction of sp³-hybridized carbons (Fsp3) is 0.222. The standard InChI is InChI=1S/C18H19N3O/c1-12-7-9-15(10-8-12)18-21-20-17(22-18)11-19-16-6-4-5-13(2)14(16)3/h4-10,19H,11H2,1-3H3. The lowest BCUT2D eigenvalue weighted by molar-refractivity contribution is 0.515. The van der Waals surface area contributed by atoms with Gasteiger partial charge in [-0.15, -0.1) is 10.2 Å². The minimum absolute atomic E-state index is 0.517. The highest BCUT2D eigenvalue weighted by Crippen LogP contribution is 2.21. The maximum Gasteiger partial charge on any atom is 0.247 e. The van der Waals surface area contributed by atoms with E-state index in [9.17, 15) is 0 Å². The van der Waals surface area contributed by atoms with Crippen LogP contribution in [0, 0.1) is 20.8 Å². The Bertz CT molecular complexity index is 775. The van der Waals surface area contributed by atoms with E-state index in [1.807, 2.05) is 30.3 Å². The molecule has 4 heteroatoms. The van der Waals surface area contributed by atoms with Crippen LogP contribution >= 0.6 is 0 Å². The molecular formula is C18H19N3O. The Labute approximate surface area is 130 Å². The van der Waals surface area contributed by atoms with E-state index in [0.29, 0.717) is 18.3 Å². The molecule has 0 amide bonds. The molecule has 3 aromatic rings. The molecule has 1 N–H and O–H groups in total. The third kappa shape index (κ3) is 3.01. The van der Waals surface area contributed by atoms with E-state index in [-0.39, 0.29) is 0 Å². The number of aryl methyl sites for hydroxylation is 2. The zero-order valence-electron chi connectivity index (χ0n) is 13.1. The Kier molecular flexibility index (Phi) is 3.92. The van der Waals surface area contributed by atoms with Crippen molar-refractivity contribution in [3.05, 3.63) is 65.0 Å². The van der Waals surface area contributed by atoms with Crippen molar-refractivity contribution in [1.29, 1.82) is 0 Å². The summed E-state index contributed by atoms with van der Waals surface area (Å²) < 4.78 is 5.72. The molecule has 0 aliphatic rings.